The normalized spacial score (nSPS) is 15.0. The molecule has 0 bridgehead atoms. The molecule has 0 fully saturated rings. The molecule has 360 valence electrons. The van der Waals surface area contributed by atoms with Gasteiger partial charge in [0.15, 0.2) is 0 Å². The van der Waals surface area contributed by atoms with Crippen LogP contribution in [0.15, 0.2) is 218 Å². The summed E-state index contributed by atoms with van der Waals surface area (Å²) < 4.78 is 146. The third-order valence-corrected chi connectivity index (χ3v) is 12.6. The molecule has 11 aromatic rings. The fourth-order valence-electron chi connectivity index (χ4n) is 9.29. The average Bonchev–Trinajstić information content (AvgIpc) is 1.64. The number of ether oxygens (including phenoxy) is 2. The van der Waals surface area contributed by atoms with Gasteiger partial charge in [0.05, 0.1) is 20.6 Å². The van der Waals surface area contributed by atoms with Crippen LogP contribution < -0.4 is 19.3 Å². The van der Waals surface area contributed by atoms with Crippen molar-refractivity contribution < 1.29 is 51.1 Å². The van der Waals surface area contributed by atoms with Crippen molar-refractivity contribution in [3.05, 3.63) is 248 Å². The predicted molar refractivity (Wildman–Crippen MR) is 295 cm³/mol. The Hall–Kier alpha value is -8.18. The molecule has 1 aliphatic rings. The third-order valence-electron chi connectivity index (χ3n) is 12.6. The van der Waals surface area contributed by atoms with E-state index in [1.165, 1.54) is 0 Å². The Kier molecular flexibility index (Phi) is 9.03. The fraction of sp³-hybridized carbons (Fsp3) is 0.0909. The molecule has 7 heteroatoms. The van der Waals surface area contributed by atoms with E-state index in [9.17, 15) is 0 Å². The number of anilines is 4. The van der Waals surface area contributed by atoms with Crippen LogP contribution in [-0.4, -0.2) is 9.55 Å². The molecule has 0 saturated heterocycles. The number of nitrogens with zero attached hydrogens (tertiary/aromatic N) is 4. The van der Waals surface area contributed by atoms with Gasteiger partial charge in [0.2, 0.25) is 0 Å². The number of hydrogen-bond acceptors (Lipinski definition) is 5. The van der Waals surface area contributed by atoms with Crippen LogP contribution in [0.4, 0.5) is 22.7 Å². The monoisotopic (exact) mass is 1140 g/mol. The van der Waals surface area contributed by atoms with Crippen LogP contribution in [0.5, 0.6) is 23.0 Å². The third kappa shape index (κ3) is 8.98. The maximum Gasteiger partial charge on any atom is 0.139 e. The summed E-state index contributed by atoms with van der Waals surface area (Å²) in [5.74, 6) is 2.62. The van der Waals surface area contributed by atoms with Crippen LogP contribution in [0.1, 0.15) is 71.2 Å². The van der Waals surface area contributed by atoms with Crippen LogP contribution in [0, 0.1) is 18.8 Å². The molecule has 0 amide bonds. The van der Waals surface area contributed by atoms with Crippen LogP contribution in [0.2, 0.25) is 0 Å². The molecule has 0 N–H and O–H groups in total. The minimum absolute atomic E-state index is 0. The smallest absolute Gasteiger partial charge is 0.139 e. The Morgan fingerprint density at radius 3 is 1.79 bits per heavy atom. The van der Waals surface area contributed by atoms with Gasteiger partial charge in [-0.05, 0) is 74.9 Å². The molecule has 0 radical (unpaired) electrons. The Balaban J connectivity index is 0.00000800. The van der Waals surface area contributed by atoms with E-state index >= 15 is 0 Å². The van der Waals surface area contributed by atoms with E-state index in [2.05, 4.69) is 52.0 Å². The van der Waals surface area contributed by atoms with E-state index in [0.29, 0.717) is 56.0 Å². The molecule has 2 aromatic heterocycles. The van der Waals surface area contributed by atoms with Crippen molar-refractivity contribution in [2.45, 2.75) is 39.5 Å². The van der Waals surface area contributed by atoms with Gasteiger partial charge < -0.3 is 23.8 Å². The summed E-state index contributed by atoms with van der Waals surface area (Å²) in [4.78, 5) is 8.37. The molecular weight excluding hydrogens is 1080 g/mol. The number of pyridine rings is 1. The van der Waals surface area contributed by atoms with Crippen LogP contribution in [0.25, 0.3) is 61.0 Å². The molecule has 6 nitrogen and oxygen atoms in total. The first-order chi connectivity index (χ1) is 41.6. The summed E-state index contributed by atoms with van der Waals surface area (Å²) in [7, 11) is 0. The summed E-state index contributed by atoms with van der Waals surface area (Å²) in [6, 6.07) is 35.3. The molecule has 0 atom stereocenters. The number of para-hydroxylation sites is 4. The second-order valence-corrected chi connectivity index (χ2v) is 17.7. The second-order valence-electron chi connectivity index (χ2n) is 17.7. The Morgan fingerprint density at radius 1 is 0.534 bits per heavy atom. The van der Waals surface area contributed by atoms with Gasteiger partial charge in [-0.25, -0.2) is 4.98 Å². The molecule has 3 heterocycles. The van der Waals surface area contributed by atoms with Crippen LogP contribution >= 0.6 is 0 Å². The molecule has 0 saturated carbocycles. The van der Waals surface area contributed by atoms with E-state index < -0.39 is 78.6 Å². The van der Waals surface area contributed by atoms with Gasteiger partial charge in [0.25, 0.3) is 0 Å². The molecular formula is C66H51N4O2Pt-3. The van der Waals surface area contributed by atoms with Crippen molar-refractivity contribution in [3.63, 3.8) is 0 Å². The molecule has 0 unspecified atom stereocenters. The zero-order valence-corrected chi connectivity index (χ0v) is 42.1. The van der Waals surface area contributed by atoms with Gasteiger partial charge in [-0.1, -0.05) is 185 Å². The number of fused-ring (bicyclic) bond motifs is 4. The molecule has 1 aliphatic heterocycles. The first-order valence-corrected chi connectivity index (χ1v) is 23.4. The SMILES string of the molecule is [2H]c1c([2H])c([2H])c(-c2ccc3c(c2)c2ccc(Oc4[c-]c(N5[CH-]N(c6c(-c7c([2H])c([2H])c([2H])c([2H])c7[2H])cccc6-c6c([2H])c([2H])c([2H])c([2H])c6[2H])c6ccccc65)ccc4)[c-]c2n3-c2cc(Oc3c(C(C)C)cccc3C(C)C)ccn2)c([2H])c1[2H].[Pt]. The maximum absolute atomic E-state index is 9.08. The second kappa shape index (κ2) is 20.1. The molecule has 73 heavy (non-hydrogen) atoms. The largest absolute Gasteiger partial charge is 0.509 e. The van der Waals surface area contributed by atoms with Gasteiger partial charge >= 0.3 is 0 Å². The first kappa shape index (κ1) is 32.7. The van der Waals surface area contributed by atoms with E-state index in [1.807, 2.05) is 41.0 Å². The Bertz CT molecular complexity index is 4490. The van der Waals surface area contributed by atoms with Crippen LogP contribution in [0.3, 0.4) is 0 Å². The predicted octanol–water partition coefficient (Wildman–Crippen LogP) is 18.0. The standard InChI is InChI=1S/C66H51N4O2.Pt/c1-44(2)54-27-17-28-55(45(3)4)66(54)72-53-37-38-67-64(42-53)70-60-36-33-49(46-19-8-5-9-20-46)39-59(60)58-35-34-52(41-63(58)70)71-51-26-16-25-50(40-51)68-43-69(62-32-15-14-31-61(62)68)65-56(47-21-10-6-11-22-47)29-18-30-57(65)48-23-12-7-13-24-48;/h5-39,42-45H,1-4H3;/q-3;/i5D,6D,7D,8D,9D,10D,11D,12D,13D,19D,20D,21D,22D,23D,24D;. The van der Waals surface area contributed by atoms with E-state index in [1.54, 1.807) is 95.5 Å². The molecule has 12 rings (SSSR count). The van der Waals surface area contributed by atoms with Gasteiger partial charge in [0, 0.05) is 78.5 Å². The van der Waals surface area contributed by atoms with Crippen molar-refractivity contribution in [2.24, 2.45) is 0 Å². The summed E-state index contributed by atoms with van der Waals surface area (Å²) >= 11 is 0. The number of aromatic nitrogens is 2. The molecule has 9 aromatic carbocycles. The minimum Gasteiger partial charge on any atom is -0.509 e. The van der Waals surface area contributed by atoms with Crippen molar-refractivity contribution in [1.29, 1.82) is 0 Å². The summed E-state index contributed by atoms with van der Waals surface area (Å²) in [5, 5.41) is 1.35. The molecule has 0 spiro atoms. The Labute approximate surface area is 463 Å². The summed E-state index contributed by atoms with van der Waals surface area (Å²) in [6.45, 7) is 10.2. The average molecular weight is 1140 g/mol. The van der Waals surface area contributed by atoms with Gasteiger partial charge in [-0.15, -0.1) is 48.1 Å². The summed E-state index contributed by atoms with van der Waals surface area (Å²) in [6.07, 6.45) is 1.66. The topological polar surface area (TPSA) is 42.8 Å². The first-order valence-electron chi connectivity index (χ1n) is 30.9. The van der Waals surface area contributed by atoms with Gasteiger partial charge in [-0.3, -0.25) is 0 Å². The van der Waals surface area contributed by atoms with Gasteiger partial charge in [-0.2, -0.15) is 12.1 Å². The maximum atomic E-state index is 9.08. The van der Waals surface area contributed by atoms with E-state index in [4.69, 9.17) is 35.0 Å². The van der Waals surface area contributed by atoms with E-state index in [0.717, 1.165) is 16.9 Å². The zero-order chi connectivity index (χ0) is 61.8. The van der Waals surface area contributed by atoms with Crippen molar-refractivity contribution >= 4 is 44.6 Å². The van der Waals surface area contributed by atoms with E-state index in [-0.39, 0.29) is 90.0 Å². The van der Waals surface area contributed by atoms with Crippen LogP contribution in [-0.2, 0) is 21.1 Å². The minimum atomic E-state index is -0.598. The summed E-state index contributed by atoms with van der Waals surface area (Å²) in [5.41, 5.74) is 5.43. The number of hydrogen-bond donors (Lipinski definition) is 0. The number of rotatable bonds is 12. The zero-order valence-electron chi connectivity index (χ0n) is 54.8. The number of benzene rings is 9. The van der Waals surface area contributed by atoms with Crippen molar-refractivity contribution in [3.8, 4) is 62.2 Å². The quantitative estimate of drug-likeness (QED) is 0.114. The Morgan fingerprint density at radius 2 is 1.14 bits per heavy atom. The van der Waals surface area contributed by atoms with Crippen molar-refractivity contribution in [1.82, 2.24) is 9.55 Å². The molecule has 0 aliphatic carbocycles. The van der Waals surface area contributed by atoms with Crippen molar-refractivity contribution in [2.75, 3.05) is 9.80 Å². The van der Waals surface area contributed by atoms with Gasteiger partial charge in [0.1, 0.15) is 17.3 Å². The fourth-order valence-corrected chi connectivity index (χ4v) is 9.29.